The summed E-state index contributed by atoms with van der Waals surface area (Å²) >= 11 is 0. The highest BCUT2D eigenvalue weighted by molar-refractivity contribution is 5.93. The van der Waals surface area contributed by atoms with E-state index in [1.165, 1.54) is 0 Å². The molecule has 0 radical (unpaired) electrons. The first kappa shape index (κ1) is 13.1. The van der Waals surface area contributed by atoms with Gasteiger partial charge in [-0.3, -0.25) is 4.79 Å². The Morgan fingerprint density at radius 3 is 2.44 bits per heavy atom. The Labute approximate surface area is 96.5 Å². The fraction of sp³-hybridized carbons (Fsp3) is 0.615. The van der Waals surface area contributed by atoms with Gasteiger partial charge in [-0.15, -0.1) is 0 Å². The number of allylic oxidation sites excluding steroid dienone is 3. The lowest BCUT2D eigenvalue weighted by Gasteiger charge is -2.32. The summed E-state index contributed by atoms with van der Waals surface area (Å²) in [5, 5.41) is 18.9. The quantitative estimate of drug-likeness (QED) is 0.749. The van der Waals surface area contributed by atoms with Gasteiger partial charge in [-0.25, -0.2) is 0 Å². The van der Waals surface area contributed by atoms with Gasteiger partial charge in [0.05, 0.1) is 12.2 Å². The maximum Gasteiger partial charge on any atom is 0.156 e. The van der Waals surface area contributed by atoms with Gasteiger partial charge >= 0.3 is 0 Å². The molecule has 1 rings (SSSR count). The summed E-state index contributed by atoms with van der Waals surface area (Å²) < 4.78 is 0. The number of hydrogen-bond acceptors (Lipinski definition) is 3. The van der Waals surface area contributed by atoms with E-state index in [0.717, 1.165) is 11.1 Å². The highest BCUT2D eigenvalue weighted by Crippen LogP contribution is 2.39. The number of carbonyl (C=O) groups is 1. The van der Waals surface area contributed by atoms with Gasteiger partial charge < -0.3 is 10.2 Å². The standard InChI is InChI=1S/C13H20O3/c1-8-5-10(15)7-13(3,4)11(8)6-12(16)9(2)14/h5-6,9,12,14,16H,7H2,1-4H3/t9-,12-/m0/s1. The second-order valence-electron chi connectivity index (χ2n) is 5.17. The first-order chi connectivity index (χ1) is 7.24. The summed E-state index contributed by atoms with van der Waals surface area (Å²) in [4.78, 5) is 11.4. The van der Waals surface area contributed by atoms with Gasteiger partial charge in [-0.05, 0) is 42.6 Å². The van der Waals surface area contributed by atoms with Crippen LogP contribution in [0.1, 0.15) is 34.1 Å². The SMILES string of the molecule is CC1=CC(=O)CC(C)(C)C1=C[C@H](O)[C@H](C)O. The zero-order chi connectivity index (χ0) is 12.5. The van der Waals surface area contributed by atoms with Crippen molar-refractivity contribution < 1.29 is 15.0 Å². The molecule has 0 aliphatic heterocycles. The van der Waals surface area contributed by atoms with Crippen LogP contribution in [0.3, 0.4) is 0 Å². The van der Waals surface area contributed by atoms with Crippen LogP contribution in [0.4, 0.5) is 0 Å². The fourth-order valence-corrected chi connectivity index (χ4v) is 2.10. The van der Waals surface area contributed by atoms with Crippen LogP contribution in [0.2, 0.25) is 0 Å². The van der Waals surface area contributed by atoms with Crippen molar-refractivity contribution in [3.63, 3.8) is 0 Å². The Kier molecular flexibility index (Phi) is 3.71. The van der Waals surface area contributed by atoms with Gasteiger partial charge in [0.15, 0.2) is 5.78 Å². The number of carbonyl (C=O) groups excluding carboxylic acids is 1. The topological polar surface area (TPSA) is 57.5 Å². The van der Waals surface area contributed by atoms with Crippen LogP contribution in [0.25, 0.3) is 0 Å². The molecular formula is C13H20O3. The van der Waals surface area contributed by atoms with Crippen molar-refractivity contribution in [1.29, 1.82) is 0 Å². The molecule has 16 heavy (non-hydrogen) atoms. The zero-order valence-corrected chi connectivity index (χ0v) is 10.3. The van der Waals surface area contributed by atoms with Crippen molar-refractivity contribution in [3.8, 4) is 0 Å². The van der Waals surface area contributed by atoms with Crippen molar-refractivity contribution in [2.24, 2.45) is 5.41 Å². The van der Waals surface area contributed by atoms with Crippen molar-refractivity contribution in [2.45, 2.75) is 46.3 Å². The summed E-state index contributed by atoms with van der Waals surface area (Å²) in [6.45, 7) is 7.35. The highest BCUT2D eigenvalue weighted by Gasteiger charge is 2.31. The molecule has 0 saturated heterocycles. The first-order valence-electron chi connectivity index (χ1n) is 5.54. The van der Waals surface area contributed by atoms with Gasteiger partial charge in [-0.2, -0.15) is 0 Å². The van der Waals surface area contributed by atoms with Crippen molar-refractivity contribution in [3.05, 3.63) is 23.3 Å². The Morgan fingerprint density at radius 2 is 2.00 bits per heavy atom. The molecule has 2 atom stereocenters. The molecule has 3 heteroatoms. The number of aliphatic hydroxyl groups excluding tert-OH is 2. The maximum atomic E-state index is 11.4. The molecular weight excluding hydrogens is 204 g/mol. The lowest BCUT2D eigenvalue weighted by Crippen LogP contribution is -2.28. The number of hydrogen-bond donors (Lipinski definition) is 2. The fourth-order valence-electron chi connectivity index (χ4n) is 2.10. The molecule has 1 aliphatic carbocycles. The van der Waals surface area contributed by atoms with Crippen LogP contribution in [0.15, 0.2) is 23.3 Å². The third-order valence-corrected chi connectivity index (χ3v) is 2.98. The average molecular weight is 224 g/mol. The number of rotatable bonds is 2. The third-order valence-electron chi connectivity index (χ3n) is 2.98. The number of aliphatic hydroxyl groups is 2. The van der Waals surface area contributed by atoms with Crippen LogP contribution in [-0.4, -0.2) is 28.2 Å². The largest absolute Gasteiger partial charge is 0.390 e. The molecule has 3 nitrogen and oxygen atoms in total. The van der Waals surface area contributed by atoms with E-state index in [-0.39, 0.29) is 11.2 Å². The molecule has 0 aromatic rings. The van der Waals surface area contributed by atoms with Crippen LogP contribution in [0.5, 0.6) is 0 Å². The minimum absolute atomic E-state index is 0.117. The lowest BCUT2D eigenvalue weighted by molar-refractivity contribution is -0.116. The molecule has 0 heterocycles. The molecule has 0 aromatic heterocycles. The molecule has 0 saturated carbocycles. The van der Waals surface area contributed by atoms with E-state index < -0.39 is 12.2 Å². The van der Waals surface area contributed by atoms with Crippen molar-refractivity contribution in [2.75, 3.05) is 0 Å². The predicted molar refractivity (Wildman–Crippen MR) is 62.9 cm³/mol. The Morgan fingerprint density at radius 1 is 1.44 bits per heavy atom. The molecule has 0 spiro atoms. The molecule has 0 bridgehead atoms. The van der Waals surface area contributed by atoms with Crippen LogP contribution in [-0.2, 0) is 4.79 Å². The molecule has 2 N–H and O–H groups in total. The smallest absolute Gasteiger partial charge is 0.156 e. The van der Waals surface area contributed by atoms with Gasteiger partial charge in [0, 0.05) is 6.42 Å². The second kappa shape index (κ2) is 4.52. The maximum absolute atomic E-state index is 11.4. The van der Waals surface area contributed by atoms with E-state index >= 15 is 0 Å². The summed E-state index contributed by atoms with van der Waals surface area (Å²) in [5.41, 5.74) is 1.55. The molecule has 90 valence electrons. The molecule has 0 amide bonds. The Balaban J connectivity index is 3.10. The van der Waals surface area contributed by atoms with Gasteiger partial charge in [0.25, 0.3) is 0 Å². The highest BCUT2D eigenvalue weighted by atomic mass is 16.3. The second-order valence-corrected chi connectivity index (χ2v) is 5.17. The Hall–Kier alpha value is -0.930. The van der Waals surface area contributed by atoms with Crippen molar-refractivity contribution >= 4 is 5.78 Å². The normalized spacial score (nSPS) is 26.5. The van der Waals surface area contributed by atoms with Gasteiger partial charge in [0.1, 0.15) is 0 Å². The zero-order valence-electron chi connectivity index (χ0n) is 10.3. The monoisotopic (exact) mass is 224 g/mol. The lowest BCUT2D eigenvalue weighted by atomic mass is 9.72. The Bertz CT molecular complexity index is 348. The van der Waals surface area contributed by atoms with E-state index in [1.807, 2.05) is 20.8 Å². The van der Waals surface area contributed by atoms with Gasteiger partial charge in [-0.1, -0.05) is 13.8 Å². The minimum atomic E-state index is -0.883. The van der Waals surface area contributed by atoms with Crippen LogP contribution in [0, 0.1) is 5.41 Å². The number of ketones is 1. The summed E-state index contributed by atoms with van der Waals surface area (Å²) in [7, 11) is 0. The molecule has 0 fully saturated rings. The van der Waals surface area contributed by atoms with E-state index in [4.69, 9.17) is 0 Å². The van der Waals surface area contributed by atoms with Crippen LogP contribution < -0.4 is 0 Å². The van der Waals surface area contributed by atoms with Gasteiger partial charge in [0.2, 0.25) is 0 Å². The summed E-state index contributed by atoms with van der Waals surface area (Å²) in [6.07, 6.45) is 2.02. The predicted octanol–water partition coefficient (Wildman–Crippen LogP) is 1.60. The molecule has 0 aromatic carbocycles. The van der Waals surface area contributed by atoms with E-state index in [0.29, 0.717) is 6.42 Å². The van der Waals surface area contributed by atoms with E-state index in [2.05, 4.69) is 0 Å². The van der Waals surface area contributed by atoms with Crippen molar-refractivity contribution in [1.82, 2.24) is 0 Å². The minimum Gasteiger partial charge on any atom is -0.390 e. The van der Waals surface area contributed by atoms with Crippen LogP contribution >= 0.6 is 0 Å². The molecule has 1 aliphatic rings. The summed E-state index contributed by atoms with van der Waals surface area (Å²) in [5.74, 6) is 0.117. The molecule has 0 unspecified atom stereocenters. The van der Waals surface area contributed by atoms with E-state index in [1.54, 1.807) is 19.1 Å². The third kappa shape index (κ3) is 2.80. The summed E-state index contributed by atoms with van der Waals surface area (Å²) in [6, 6.07) is 0. The average Bonchev–Trinajstić information content (AvgIpc) is 2.09. The first-order valence-corrected chi connectivity index (χ1v) is 5.54. The van der Waals surface area contributed by atoms with E-state index in [9.17, 15) is 15.0 Å².